The molecule has 7 heteroatoms. The molecule has 0 unspecified atom stereocenters. The molecule has 2 rings (SSSR count). The number of nitro benzene ring substituents is 1. The molecule has 1 aliphatic heterocycles. The maximum absolute atomic E-state index is 11.7. The normalized spacial score (nSPS) is 22.2. The molecule has 1 fully saturated rings. The first-order valence-electron chi connectivity index (χ1n) is 6.67. The van der Waals surface area contributed by atoms with Gasteiger partial charge in [0.1, 0.15) is 6.04 Å². The lowest BCUT2D eigenvalue weighted by Crippen LogP contribution is -2.36. The zero-order valence-corrected chi connectivity index (χ0v) is 12.0. The van der Waals surface area contributed by atoms with Crippen molar-refractivity contribution in [2.45, 2.75) is 32.0 Å². The van der Waals surface area contributed by atoms with E-state index >= 15 is 0 Å². The Morgan fingerprint density at radius 1 is 1.57 bits per heavy atom. The summed E-state index contributed by atoms with van der Waals surface area (Å²) < 4.78 is 4.74. The van der Waals surface area contributed by atoms with Crippen LogP contribution in [-0.2, 0) is 16.1 Å². The SMILES string of the molecule is COC(=O)[C@H]1C[C@H](O)CN1Cc1cccc([N+](=O)[O-])c1C. The lowest BCUT2D eigenvalue weighted by Gasteiger charge is -2.22. The van der Waals surface area contributed by atoms with Gasteiger partial charge in [-0.05, 0) is 12.5 Å². The van der Waals surface area contributed by atoms with Gasteiger partial charge in [0.2, 0.25) is 0 Å². The highest BCUT2D eigenvalue weighted by Crippen LogP contribution is 2.26. The van der Waals surface area contributed by atoms with E-state index in [9.17, 15) is 20.0 Å². The summed E-state index contributed by atoms with van der Waals surface area (Å²) in [4.78, 5) is 24.1. The van der Waals surface area contributed by atoms with Crippen LogP contribution >= 0.6 is 0 Å². The largest absolute Gasteiger partial charge is 0.468 e. The number of hydrogen-bond donors (Lipinski definition) is 1. The van der Waals surface area contributed by atoms with Gasteiger partial charge in [0.05, 0.1) is 18.1 Å². The van der Waals surface area contributed by atoms with Gasteiger partial charge in [-0.25, -0.2) is 0 Å². The molecular weight excluding hydrogens is 276 g/mol. The molecule has 1 aromatic rings. The third-order valence-electron chi connectivity index (χ3n) is 3.84. The van der Waals surface area contributed by atoms with Crippen molar-refractivity contribution in [3.8, 4) is 0 Å². The summed E-state index contributed by atoms with van der Waals surface area (Å²) in [7, 11) is 1.31. The van der Waals surface area contributed by atoms with Gasteiger partial charge in [0.15, 0.2) is 0 Å². The summed E-state index contributed by atoms with van der Waals surface area (Å²) in [5, 5.41) is 20.7. The minimum Gasteiger partial charge on any atom is -0.468 e. The van der Waals surface area contributed by atoms with Crippen molar-refractivity contribution >= 4 is 11.7 Å². The van der Waals surface area contributed by atoms with Crippen molar-refractivity contribution in [3.05, 3.63) is 39.4 Å². The monoisotopic (exact) mass is 294 g/mol. The molecule has 1 saturated heterocycles. The van der Waals surface area contributed by atoms with Gasteiger partial charge in [-0.15, -0.1) is 0 Å². The summed E-state index contributed by atoms with van der Waals surface area (Å²) in [6, 6.07) is 4.36. The number of aliphatic hydroxyl groups is 1. The maximum atomic E-state index is 11.7. The van der Waals surface area contributed by atoms with E-state index in [1.54, 1.807) is 24.0 Å². The second kappa shape index (κ2) is 6.19. The number of benzene rings is 1. The number of nitro groups is 1. The van der Waals surface area contributed by atoms with Gasteiger partial charge in [-0.2, -0.15) is 0 Å². The second-order valence-corrected chi connectivity index (χ2v) is 5.18. The first-order chi connectivity index (χ1) is 9.93. The van der Waals surface area contributed by atoms with Crippen LogP contribution in [0.15, 0.2) is 18.2 Å². The van der Waals surface area contributed by atoms with E-state index in [-0.39, 0.29) is 5.69 Å². The summed E-state index contributed by atoms with van der Waals surface area (Å²) in [5.41, 5.74) is 1.40. The van der Waals surface area contributed by atoms with Crippen molar-refractivity contribution in [2.75, 3.05) is 13.7 Å². The Morgan fingerprint density at radius 2 is 2.29 bits per heavy atom. The van der Waals surface area contributed by atoms with Crippen molar-refractivity contribution in [3.63, 3.8) is 0 Å². The van der Waals surface area contributed by atoms with Crippen LogP contribution in [0.2, 0.25) is 0 Å². The Kier molecular flexibility index (Phi) is 4.54. The van der Waals surface area contributed by atoms with E-state index in [2.05, 4.69) is 0 Å². The standard InChI is InChI=1S/C14H18N2O5/c1-9-10(4-3-5-12(9)16(19)20)7-15-8-11(17)6-13(15)14(18)21-2/h3-5,11,13,17H,6-8H2,1-2H3/t11-,13+/m0/s1. The summed E-state index contributed by atoms with van der Waals surface area (Å²) in [6.45, 7) is 2.40. The smallest absolute Gasteiger partial charge is 0.323 e. The fraction of sp³-hybridized carbons (Fsp3) is 0.500. The third kappa shape index (κ3) is 3.20. The molecule has 0 aliphatic carbocycles. The molecule has 0 amide bonds. The predicted octanol–water partition coefficient (Wildman–Crippen LogP) is 1.01. The van der Waals surface area contributed by atoms with Crippen LogP contribution in [-0.4, -0.2) is 46.7 Å². The highest BCUT2D eigenvalue weighted by atomic mass is 16.6. The van der Waals surface area contributed by atoms with Crippen LogP contribution in [0, 0.1) is 17.0 Å². The molecule has 0 bridgehead atoms. The van der Waals surface area contributed by atoms with E-state index in [1.165, 1.54) is 13.2 Å². The Hall–Kier alpha value is -1.99. The molecule has 1 aromatic carbocycles. The molecule has 1 heterocycles. The third-order valence-corrected chi connectivity index (χ3v) is 3.84. The molecule has 0 aromatic heterocycles. The number of aliphatic hydroxyl groups excluding tert-OH is 1. The average Bonchev–Trinajstić information content (AvgIpc) is 2.80. The molecule has 1 N–H and O–H groups in total. The molecule has 2 atom stereocenters. The number of ether oxygens (including phenoxy) is 1. The lowest BCUT2D eigenvalue weighted by atomic mass is 10.1. The Balaban J connectivity index is 2.23. The Bertz CT molecular complexity index is 560. The van der Waals surface area contributed by atoms with E-state index in [0.717, 1.165) is 5.56 Å². The summed E-state index contributed by atoms with van der Waals surface area (Å²) >= 11 is 0. The molecule has 7 nitrogen and oxygen atoms in total. The van der Waals surface area contributed by atoms with Crippen molar-refractivity contribution in [1.82, 2.24) is 4.90 Å². The number of carbonyl (C=O) groups is 1. The van der Waals surface area contributed by atoms with E-state index < -0.39 is 23.0 Å². The van der Waals surface area contributed by atoms with Crippen LogP contribution in [0.4, 0.5) is 5.69 Å². The van der Waals surface area contributed by atoms with Crippen LogP contribution in [0.3, 0.4) is 0 Å². The summed E-state index contributed by atoms with van der Waals surface area (Å²) in [5.74, 6) is -0.394. The predicted molar refractivity (Wildman–Crippen MR) is 74.7 cm³/mol. The molecule has 114 valence electrons. The van der Waals surface area contributed by atoms with Gasteiger partial charge in [-0.1, -0.05) is 12.1 Å². The number of hydrogen-bond acceptors (Lipinski definition) is 6. The molecular formula is C14H18N2O5. The fourth-order valence-corrected chi connectivity index (χ4v) is 2.69. The number of methoxy groups -OCH3 is 1. The van der Waals surface area contributed by atoms with E-state index in [0.29, 0.717) is 25.1 Å². The van der Waals surface area contributed by atoms with Crippen LogP contribution in [0.1, 0.15) is 17.5 Å². The lowest BCUT2D eigenvalue weighted by molar-refractivity contribution is -0.385. The van der Waals surface area contributed by atoms with Crippen molar-refractivity contribution in [2.24, 2.45) is 0 Å². The number of carbonyl (C=O) groups excluding carboxylic acids is 1. The number of likely N-dealkylation sites (tertiary alicyclic amines) is 1. The first-order valence-corrected chi connectivity index (χ1v) is 6.67. The van der Waals surface area contributed by atoms with Crippen molar-refractivity contribution < 1.29 is 19.6 Å². The highest BCUT2D eigenvalue weighted by Gasteiger charge is 2.37. The van der Waals surface area contributed by atoms with Gasteiger partial charge >= 0.3 is 5.97 Å². The molecule has 21 heavy (non-hydrogen) atoms. The van der Waals surface area contributed by atoms with Gasteiger partial charge in [0, 0.05) is 31.1 Å². The first kappa shape index (κ1) is 15.4. The van der Waals surface area contributed by atoms with Crippen molar-refractivity contribution in [1.29, 1.82) is 0 Å². The topological polar surface area (TPSA) is 92.9 Å². The summed E-state index contributed by atoms with van der Waals surface area (Å²) in [6.07, 6.45) is -0.270. The number of esters is 1. The fourth-order valence-electron chi connectivity index (χ4n) is 2.69. The zero-order valence-electron chi connectivity index (χ0n) is 12.0. The van der Waals surface area contributed by atoms with Crippen LogP contribution in [0.5, 0.6) is 0 Å². The van der Waals surface area contributed by atoms with Gasteiger partial charge in [0.25, 0.3) is 5.69 Å². The quantitative estimate of drug-likeness (QED) is 0.506. The highest BCUT2D eigenvalue weighted by molar-refractivity contribution is 5.76. The minimum absolute atomic E-state index is 0.0573. The van der Waals surface area contributed by atoms with Gasteiger partial charge in [-0.3, -0.25) is 19.8 Å². The van der Waals surface area contributed by atoms with Crippen LogP contribution in [0.25, 0.3) is 0 Å². The maximum Gasteiger partial charge on any atom is 0.323 e. The minimum atomic E-state index is -0.590. The zero-order chi connectivity index (χ0) is 15.6. The average molecular weight is 294 g/mol. The molecule has 0 spiro atoms. The second-order valence-electron chi connectivity index (χ2n) is 5.18. The Labute approximate surface area is 122 Å². The van der Waals surface area contributed by atoms with E-state index in [4.69, 9.17) is 4.74 Å². The van der Waals surface area contributed by atoms with Crippen LogP contribution < -0.4 is 0 Å². The number of nitrogens with zero attached hydrogens (tertiary/aromatic N) is 2. The van der Waals surface area contributed by atoms with Gasteiger partial charge < -0.3 is 9.84 Å². The molecule has 0 saturated carbocycles. The number of β-amino-alcohol motifs (C(OH)–C–C–N with tert-alkyl or cyclic N) is 1. The molecule has 1 aliphatic rings. The molecule has 0 radical (unpaired) electrons. The van der Waals surface area contributed by atoms with E-state index in [1.807, 2.05) is 0 Å². The number of rotatable bonds is 4. The Morgan fingerprint density at radius 3 is 2.90 bits per heavy atom.